The van der Waals surface area contributed by atoms with Crippen molar-refractivity contribution in [2.24, 2.45) is 0 Å². The van der Waals surface area contributed by atoms with E-state index in [1.165, 1.54) is 6.33 Å². The Labute approximate surface area is 104 Å². The fraction of sp³-hybridized carbons (Fsp3) is 0.400. The third-order valence-corrected chi connectivity index (χ3v) is 2.75. The molecule has 0 aromatic carbocycles. The number of anilines is 1. The van der Waals surface area contributed by atoms with Crippen LogP contribution in [0.5, 0.6) is 0 Å². The maximum atomic E-state index is 5.72. The van der Waals surface area contributed by atoms with Crippen LogP contribution in [0.1, 0.15) is 19.9 Å². The molecule has 2 aromatic rings. The molecular weight excluding hydrogens is 240 g/mol. The van der Waals surface area contributed by atoms with Gasteiger partial charge >= 0.3 is 0 Å². The van der Waals surface area contributed by atoms with Crippen molar-refractivity contribution in [3.8, 4) is 0 Å². The van der Waals surface area contributed by atoms with Crippen LogP contribution in [0.25, 0.3) is 0 Å². The molecule has 0 aliphatic heterocycles. The van der Waals surface area contributed by atoms with Gasteiger partial charge in [0.05, 0.1) is 23.5 Å². The van der Waals surface area contributed by atoms with E-state index in [1.807, 2.05) is 13.8 Å². The molecule has 6 nitrogen and oxygen atoms in total. The molecule has 2 rings (SSSR count). The minimum Gasteiger partial charge on any atom is -0.350 e. The normalized spacial score (nSPS) is 14.3. The van der Waals surface area contributed by atoms with E-state index in [0.717, 1.165) is 0 Å². The van der Waals surface area contributed by atoms with Crippen LogP contribution in [0, 0.1) is 0 Å². The van der Waals surface area contributed by atoms with Crippen molar-refractivity contribution in [2.75, 3.05) is 5.32 Å². The Bertz CT molecular complexity index is 454. The van der Waals surface area contributed by atoms with Gasteiger partial charge in [-0.1, -0.05) is 11.6 Å². The molecule has 0 aliphatic rings. The zero-order chi connectivity index (χ0) is 12.3. The summed E-state index contributed by atoms with van der Waals surface area (Å²) in [7, 11) is 0. The number of aromatic nitrogens is 5. The predicted octanol–water partition coefficient (Wildman–Crippen LogP) is 1.78. The van der Waals surface area contributed by atoms with Gasteiger partial charge in [0.1, 0.15) is 12.7 Å². The highest BCUT2D eigenvalue weighted by Crippen LogP contribution is 2.13. The van der Waals surface area contributed by atoms with Gasteiger partial charge in [-0.05, 0) is 13.8 Å². The Morgan fingerprint density at radius 3 is 2.59 bits per heavy atom. The molecule has 2 aromatic heterocycles. The number of hydrogen-bond acceptors (Lipinski definition) is 5. The van der Waals surface area contributed by atoms with E-state index in [9.17, 15) is 0 Å². The van der Waals surface area contributed by atoms with Crippen molar-refractivity contribution in [1.29, 1.82) is 0 Å². The molecular formula is C10H13ClN6. The quantitative estimate of drug-likeness (QED) is 0.898. The summed E-state index contributed by atoms with van der Waals surface area (Å²) in [5.41, 5.74) is 0. The lowest BCUT2D eigenvalue weighted by Crippen LogP contribution is -2.27. The highest BCUT2D eigenvalue weighted by Gasteiger charge is 2.15. The first-order valence-corrected chi connectivity index (χ1v) is 5.63. The summed E-state index contributed by atoms with van der Waals surface area (Å²) >= 11 is 5.72. The molecule has 2 atom stereocenters. The van der Waals surface area contributed by atoms with E-state index < -0.39 is 0 Å². The summed E-state index contributed by atoms with van der Waals surface area (Å²) in [4.78, 5) is 12.1. The van der Waals surface area contributed by atoms with E-state index in [1.54, 1.807) is 23.4 Å². The second-order valence-corrected chi connectivity index (χ2v) is 4.21. The molecule has 1 N–H and O–H groups in total. The zero-order valence-corrected chi connectivity index (χ0v) is 10.3. The molecule has 0 radical (unpaired) electrons. The molecule has 0 saturated carbocycles. The van der Waals surface area contributed by atoms with Crippen LogP contribution >= 0.6 is 11.6 Å². The van der Waals surface area contributed by atoms with Crippen LogP contribution < -0.4 is 5.32 Å². The van der Waals surface area contributed by atoms with E-state index in [4.69, 9.17) is 11.6 Å². The molecule has 2 unspecified atom stereocenters. The third-order valence-electron chi connectivity index (χ3n) is 2.55. The molecule has 17 heavy (non-hydrogen) atoms. The van der Waals surface area contributed by atoms with Crippen molar-refractivity contribution in [2.45, 2.75) is 25.9 Å². The van der Waals surface area contributed by atoms with Crippen molar-refractivity contribution < 1.29 is 0 Å². The van der Waals surface area contributed by atoms with Crippen LogP contribution in [0.4, 0.5) is 5.95 Å². The molecule has 0 amide bonds. The van der Waals surface area contributed by atoms with Crippen LogP contribution in [0.3, 0.4) is 0 Å². The van der Waals surface area contributed by atoms with Crippen LogP contribution in [-0.2, 0) is 0 Å². The average Bonchev–Trinajstić information content (AvgIpc) is 2.84. The lowest BCUT2D eigenvalue weighted by molar-refractivity contribution is 0.441. The number of nitrogens with one attached hydrogen (secondary N) is 1. The van der Waals surface area contributed by atoms with Crippen molar-refractivity contribution in [1.82, 2.24) is 24.7 Å². The third kappa shape index (κ3) is 2.91. The highest BCUT2D eigenvalue weighted by molar-refractivity contribution is 6.30. The van der Waals surface area contributed by atoms with Crippen molar-refractivity contribution in [3.05, 3.63) is 30.1 Å². The van der Waals surface area contributed by atoms with Gasteiger partial charge in [0.2, 0.25) is 5.95 Å². The number of hydrogen-bond donors (Lipinski definition) is 1. The molecule has 0 saturated heterocycles. The van der Waals surface area contributed by atoms with E-state index in [0.29, 0.717) is 11.0 Å². The van der Waals surface area contributed by atoms with Crippen LogP contribution in [0.2, 0.25) is 5.02 Å². The monoisotopic (exact) mass is 252 g/mol. The van der Waals surface area contributed by atoms with Gasteiger partial charge in [-0.3, -0.25) is 0 Å². The molecule has 0 fully saturated rings. The standard InChI is InChI=1S/C10H13ClN6/c1-7(8(2)17-6-12-5-15-17)16-10-13-3-9(11)4-14-10/h3-8H,1-2H3,(H,13,14,16). The molecule has 0 spiro atoms. The molecule has 7 heteroatoms. The largest absolute Gasteiger partial charge is 0.350 e. The first kappa shape index (κ1) is 11.8. The Hall–Kier alpha value is -1.69. The lowest BCUT2D eigenvalue weighted by atomic mass is 10.2. The zero-order valence-electron chi connectivity index (χ0n) is 9.58. The Morgan fingerprint density at radius 2 is 2.00 bits per heavy atom. The van der Waals surface area contributed by atoms with Gasteiger partial charge in [-0.2, -0.15) is 5.10 Å². The number of nitrogens with zero attached hydrogens (tertiary/aromatic N) is 5. The summed E-state index contributed by atoms with van der Waals surface area (Å²) in [6, 6.07) is 0.273. The van der Waals surface area contributed by atoms with Gasteiger partial charge in [-0.15, -0.1) is 0 Å². The van der Waals surface area contributed by atoms with Crippen LogP contribution in [-0.4, -0.2) is 30.8 Å². The average molecular weight is 253 g/mol. The summed E-state index contributed by atoms with van der Waals surface area (Å²) in [5, 5.41) is 7.81. The Morgan fingerprint density at radius 1 is 1.29 bits per heavy atom. The minimum absolute atomic E-state index is 0.123. The van der Waals surface area contributed by atoms with Gasteiger partial charge in [0, 0.05) is 6.04 Å². The maximum Gasteiger partial charge on any atom is 0.222 e. The summed E-state index contributed by atoms with van der Waals surface area (Å²) in [6.07, 6.45) is 6.32. The summed E-state index contributed by atoms with van der Waals surface area (Å²) in [5.74, 6) is 0.550. The molecule has 90 valence electrons. The predicted molar refractivity (Wildman–Crippen MR) is 64.9 cm³/mol. The second kappa shape index (κ2) is 5.09. The second-order valence-electron chi connectivity index (χ2n) is 3.77. The highest BCUT2D eigenvalue weighted by atomic mass is 35.5. The topological polar surface area (TPSA) is 68.5 Å². The summed E-state index contributed by atoms with van der Waals surface area (Å²) < 4.78 is 1.79. The first-order valence-electron chi connectivity index (χ1n) is 5.25. The molecule has 2 heterocycles. The van der Waals surface area contributed by atoms with E-state index >= 15 is 0 Å². The van der Waals surface area contributed by atoms with Crippen LogP contribution in [0.15, 0.2) is 25.0 Å². The van der Waals surface area contributed by atoms with Gasteiger partial charge < -0.3 is 5.32 Å². The fourth-order valence-corrected chi connectivity index (χ4v) is 1.47. The van der Waals surface area contributed by atoms with E-state index in [-0.39, 0.29) is 12.1 Å². The van der Waals surface area contributed by atoms with Gasteiger partial charge in [0.25, 0.3) is 0 Å². The molecule has 0 aliphatic carbocycles. The first-order chi connectivity index (χ1) is 8.16. The smallest absolute Gasteiger partial charge is 0.222 e. The number of rotatable bonds is 4. The summed E-state index contributed by atoms with van der Waals surface area (Å²) in [6.45, 7) is 4.08. The lowest BCUT2D eigenvalue weighted by Gasteiger charge is -2.20. The number of halogens is 1. The van der Waals surface area contributed by atoms with E-state index in [2.05, 4.69) is 25.4 Å². The maximum absolute atomic E-state index is 5.72. The van der Waals surface area contributed by atoms with Gasteiger partial charge in [-0.25, -0.2) is 19.6 Å². The minimum atomic E-state index is 0.123. The van der Waals surface area contributed by atoms with Crippen molar-refractivity contribution in [3.63, 3.8) is 0 Å². The Kier molecular flexibility index (Phi) is 3.53. The van der Waals surface area contributed by atoms with Gasteiger partial charge in [0.15, 0.2) is 0 Å². The Balaban J connectivity index is 2.01. The fourth-order valence-electron chi connectivity index (χ4n) is 1.37. The SMILES string of the molecule is CC(Nc1ncc(Cl)cn1)C(C)n1cncn1. The molecule has 0 bridgehead atoms. The van der Waals surface area contributed by atoms with Crippen molar-refractivity contribution >= 4 is 17.5 Å².